The average Bonchev–Trinajstić information content (AvgIpc) is 3.48. The van der Waals surface area contributed by atoms with E-state index in [1.807, 2.05) is 0 Å². The van der Waals surface area contributed by atoms with Gasteiger partial charge in [-0.2, -0.15) is 5.10 Å². The second kappa shape index (κ2) is 6.95. The fraction of sp³-hybridized carbons (Fsp3) is 0.320. The van der Waals surface area contributed by atoms with Crippen LogP contribution in [0.5, 0.6) is 0 Å². The summed E-state index contributed by atoms with van der Waals surface area (Å²) in [6.07, 6.45) is 5.09. The number of benzene rings is 2. The Labute approximate surface area is 181 Å². The highest BCUT2D eigenvalue weighted by Gasteiger charge is 2.52. The third-order valence-corrected chi connectivity index (χ3v) is 8.44. The Balaban J connectivity index is 1.50. The van der Waals surface area contributed by atoms with Gasteiger partial charge in [0.15, 0.2) is 5.82 Å². The highest BCUT2D eigenvalue weighted by molar-refractivity contribution is 8.04. The van der Waals surface area contributed by atoms with E-state index in [4.69, 9.17) is 0 Å². The Hall–Kier alpha value is -2.66. The summed E-state index contributed by atoms with van der Waals surface area (Å²) in [4.78, 5) is 4.26. The Bertz CT molecular complexity index is 1100. The molecule has 30 heavy (non-hydrogen) atoms. The number of thioether (sulfide) groups is 1. The van der Waals surface area contributed by atoms with Gasteiger partial charge >= 0.3 is 0 Å². The van der Waals surface area contributed by atoms with Crippen LogP contribution < -0.4 is 5.32 Å². The van der Waals surface area contributed by atoms with Crippen LogP contribution in [0.4, 0.5) is 5.82 Å². The van der Waals surface area contributed by atoms with Gasteiger partial charge in [0.25, 0.3) is 0 Å². The van der Waals surface area contributed by atoms with Crippen molar-refractivity contribution in [3.63, 3.8) is 0 Å². The van der Waals surface area contributed by atoms with Gasteiger partial charge in [0.1, 0.15) is 5.82 Å². The number of aryl methyl sites for hydroxylation is 1. The largest absolute Gasteiger partial charge is 0.338 e. The highest BCUT2D eigenvalue weighted by atomic mass is 32.2. The SMILES string of the molecule is Cc1[nH]nc2c1C(c1ccccc1)C1=C(N2)N(Cc2ccccc2)C2(CCCC2)S1. The second-order valence-electron chi connectivity index (χ2n) is 8.62. The van der Waals surface area contributed by atoms with Crippen LogP contribution in [0.25, 0.3) is 0 Å². The van der Waals surface area contributed by atoms with Crippen molar-refractivity contribution in [3.05, 3.63) is 93.8 Å². The molecule has 0 saturated heterocycles. The van der Waals surface area contributed by atoms with Crippen LogP contribution in [0, 0.1) is 6.92 Å². The van der Waals surface area contributed by atoms with Crippen molar-refractivity contribution in [1.82, 2.24) is 15.1 Å². The van der Waals surface area contributed by atoms with E-state index >= 15 is 0 Å². The molecule has 1 aliphatic carbocycles. The summed E-state index contributed by atoms with van der Waals surface area (Å²) in [7, 11) is 0. The first-order chi connectivity index (χ1) is 14.8. The molecule has 1 saturated carbocycles. The van der Waals surface area contributed by atoms with Crippen LogP contribution in [-0.2, 0) is 6.54 Å². The van der Waals surface area contributed by atoms with Gasteiger partial charge in [0, 0.05) is 28.6 Å². The minimum atomic E-state index is 0.154. The van der Waals surface area contributed by atoms with Gasteiger partial charge in [0.05, 0.1) is 4.87 Å². The number of nitrogens with zero attached hydrogens (tertiary/aromatic N) is 2. The van der Waals surface area contributed by atoms with Crippen LogP contribution in [0.3, 0.4) is 0 Å². The molecule has 2 aromatic carbocycles. The third kappa shape index (κ3) is 2.72. The molecule has 0 bridgehead atoms. The first-order valence-electron chi connectivity index (χ1n) is 10.9. The lowest BCUT2D eigenvalue weighted by Gasteiger charge is -2.38. The van der Waals surface area contributed by atoms with Crippen molar-refractivity contribution in [3.8, 4) is 0 Å². The molecule has 0 radical (unpaired) electrons. The highest BCUT2D eigenvalue weighted by Crippen LogP contribution is 2.61. The summed E-state index contributed by atoms with van der Waals surface area (Å²) in [5, 5.41) is 11.6. The molecule has 1 spiro atoms. The molecule has 3 aliphatic rings. The molecule has 152 valence electrons. The fourth-order valence-electron chi connectivity index (χ4n) is 5.35. The van der Waals surface area contributed by atoms with Crippen LogP contribution in [0.15, 0.2) is 71.4 Å². The summed E-state index contributed by atoms with van der Waals surface area (Å²) in [6, 6.07) is 21.8. The average molecular weight is 415 g/mol. The summed E-state index contributed by atoms with van der Waals surface area (Å²) >= 11 is 2.11. The van der Waals surface area contributed by atoms with Crippen LogP contribution in [0.2, 0.25) is 0 Å². The smallest absolute Gasteiger partial charge is 0.157 e. The van der Waals surface area contributed by atoms with E-state index < -0.39 is 0 Å². The predicted octanol–water partition coefficient (Wildman–Crippen LogP) is 5.96. The lowest BCUT2D eigenvalue weighted by atomic mass is 9.88. The van der Waals surface area contributed by atoms with Crippen molar-refractivity contribution in [2.24, 2.45) is 0 Å². The van der Waals surface area contributed by atoms with Gasteiger partial charge in [-0.1, -0.05) is 85.3 Å². The minimum Gasteiger partial charge on any atom is -0.338 e. The maximum Gasteiger partial charge on any atom is 0.157 e. The van der Waals surface area contributed by atoms with E-state index in [1.54, 1.807) is 0 Å². The molecule has 5 heteroatoms. The molecule has 1 fully saturated rings. The monoisotopic (exact) mass is 414 g/mol. The molecular formula is C25H26N4S. The van der Waals surface area contributed by atoms with Crippen molar-refractivity contribution >= 4 is 17.6 Å². The quantitative estimate of drug-likeness (QED) is 0.555. The number of hydrogen-bond acceptors (Lipinski definition) is 4. The van der Waals surface area contributed by atoms with Gasteiger partial charge in [-0.25, -0.2) is 0 Å². The number of aromatic nitrogens is 2. The summed E-state index contributed by atoms with van der Waals surface area (Å²) < 4.78 is 0. The van der Waals surface area contributed by atoms with Crippen molar-refractivity contribution in [2.75, 3.05) is 5.32 Å². The molecular weight excluding hydrogens is 388 g/mol. The molecule has 0 amide bonds. The number of hydrogen-bond donors (Lipinski definition) is 2. The van der Waals surface area contributed by atoms with Gasteiger partial charge in [-0.15, -0.1) is 0 Å². The van der Waals surface area contributed by atoms with E-state index in [9.17, 15) is 0 Å². The topological polar surface area (TPSA) is 44.0 Å². The Morgan fingerprint density at radius 3 is 2.47 bits per heavy atom. The number of rotatable bonds is 3. The molecule has 3 heterocycles. The minimum absolute atomic E-state index is 0.154. The zero-order valence-electron chi connectivity index (χ0n) is 17.2. The number of fused-ring (bicyclic) bond motifs is 1. The fourth-order valence-corrected chi connectivity index (χ4v) is 7.15. The molecule has 6 rings (SSSR count). The molecule has 1 unspecified atom stereocenters. The number of allylic oxidation sites excluding steroid dienone is 1. The van der Waals surface area contributed by atoms with Gasteiger partial charge in [-0.3, -0.25) is 5.10 Å². The van der Waals surface area contributed by atoms with Gasteiger partial charge in [0.2, 0.25) is 0 Å². The third-order valence-electron chi connectivity index (χ3n) is 6.78. The molecule has 1 atom stereocenters. The molecule has 3 aromatic rings. The first kappa shape index (κ1) is 18.1. The maximum absolute atomic E-state index is 4.64. The molecule has 2 aliphatic heterocycles. The predicted molar refractivity (Wildman–Crippen MR) is 123 cm³/mol. The van der Waals surface area contributed by atoms with Gasteiger partial charge in [-0.05, 0) is 30.9 Å². The van der Waals surface area contributed by atoms with E-state index in [2.05, 4.69) is 99.8 Å². The van der Waals surface area contributed by atoms with E-state index in [-0.39, 0.29) is 10.8 Å². The number of H-pyrrole nitrogens is 1. The normalized spacial score (nSPS) is 21.6. The van der Waals surface area contributed by atoms with Crippen molar-refractivity contribution in [2.45, 2.75) is 49.9 Å². The molecule has 1 aromatic heterocycles. The van der Waals surface area contributed by atoms with Crippen LogP contribution in [-0.4, -0.2) is 20.0 Å². The van der Waals surface area contributed by atoms with E-state index in [0.29, 0.717) is 0 Å². The van der Waals surface area contributed by atoms with E-state index in [1.165, 1.54) is 53.1 Å². The van der Waals surface area contributed by atoms with Crippen molar-refractivity contribution in [1.29, 1.82) is 0 Å². The van der Waals surface area contributed by atoms with Crippen LogP contribution in [0.1, 0.15) is 54.0 Å². The Morgan fingerprint density at radius 1 is 1.03 bits per heavy atom. The van der Waals surface area contributed by atoms with E-state index in [0.717, 1.165) is 18.1 Å². The zero-order chi connectivity index (χ0) is 20.1. The summed E-state index contributed by atoms with van der Waals surface area (Å²) in [6.45, 7) is 3.07. The van der Waals surface area contributed by atoms with Crippen molar-refractivity contribution < 1.29 is 0 Å². The first-order valence-corrected chi connectivity index (χ1v) is 11.7. The van der Waals surface area contributed by atoms with Gasteiger partial charge < -0.3 is 10.2 Å². The molecule has 4 nitrogen and oxygen atoms in total. The summed E-state index contributed by atoms with van der Waals surface area (Å²) in [5.74, 6) is 2.48. The lowest BCUT2D eigenvalue weighted by molar-refractivity contribution is 0.224. The summed E-state index contributed by atoms with van der Waals surface area (Å²) in [5.41, 5.74) is 5.15. The second-order valence-corrected chi connectivity index (χ2v) is 10.0. The maximum atomic E-state index is 4.64. The number of anilines is 1. The lowest BCUT2D eigenvalue weighted by Crippen LogP contribution is -2.41. The molecule has 2 N–H and O–H groups in total. The number of aromatic amines is 1. The van der Waals surface area contributed by atoms with Crippen LogP contribution >= 0.6 is 11.8 Å². The zero-order valence-corrected chi connectivity index (χ0v) is 18.0. The number of nitrogens with one attached hydrogen (secondary N) is 2. The Kier molecular flexibility index (Phi) is 4.20. The Morgan fingerprint density at radius 2 is 1.73 bits per heavy atom. The standard InChI is InChI=1S/C25H26N4S/c1-17-20-21(19-12-6-3-7-13-19)22-24(26-23(20)28-27-17)29(16-18-10-4-2-5-11-18)25(30-22)14-8-9-15-25/h2-7,10-13,21H,8-9,14-16H2,1H3,(H2,26,27,28).